The van der Waals surface area contributed by atoms with E-state index in [0.29, 0.717) is 19.1 Å². The maximum absolute atomic E-state index is 5.80. The average molecular weight is 175 g/mol. The summed E-state index contributed by atoms with van der Waals surface area (Å²) < 4.78 is 10.4. The molecule has 3 heteroatoms. The molecule has 0 rings (SSSR count). The highest BCUT2D eigenvalue weighted by Crippen LogP contribution is 2.00. The monoisotopic (exact) mass is 175 g/mol. The minimum Gasteiger partial charge on any atom is -0.382 e. The second kappa shape index (κ2) is 6.40. The number of nitrogens with two attached hydrogens (primary N) is 1. The molecule has 0 aromatic heterocycles. The fourth-order valence-electron chi connectivity index (χ4n) is 0.751. The van der Waals surface area contributed by atoms with Crippen LogP contribution in [-0.4, -0.2) is 32.5 Å². The summed E-state index contributed by atoms with van der Waals surface area (Å²) in [4.78, 5) is 0. The van der Waals surface area contributed by atoms with Gasteiger partial charge in [0.05, 0.1) is 19.3 Å². The molecular weight excluding hydrogens is 154 g/mol. The van der Waals surface area contributed by atoms with Crippen LogP contribution in [0.3, 0.4) is 0 Å². The first-order valence-electron chi connectivity index (χ1n) is 4.44. The highest BCUT2D eigenvalue weighted by Gasteiger charge is 2.09. The molecule has 74 valence electrons. The summed E-state index contributed by atoms with van der Waals surface area (Å²) in [5, 5.41) is 0. The first kappa shape index (κ1) is 11.9. The molecule has 0 amide bonds. The van der Waals surface area contributed by atoms with Gasteiger partial charge in [0.25, 0.3) is 0 Å². The first-order chi connectivity index (χ1) is 5.57. The summed E-state index contributed by atoms with van der Waals surface area (Å²) in [5.74, 6) is 0.472. The van der Waals surface area contributed by atoms with Crippen molar-refractivity contribution in [3.63, 3.8) is 0 Å². The highest BCUT2D eigenvalue weighted by molar-refractivity contribution is 4.64. The van der Waals surface area contributed by atoms with Crippen LogP contribution in [0.25, 0.3) is 0 Å². The van der Waals surface area contributed by atoms with Gasteiger partial charge in [0, 0.05) is 13.2 Å². The molecule has 2 unspecified atom stereocenters. The van der Waals surface area contributed by atoms with Crippen molar-refractivity contribution in [2.45, 2.75) is 32.9 Å². The molecule has 0 aliphatic rings. The van der Waals surface area contributed by atoms with Crippen molar-refractivity contribution in [2.24, 2.45) is 11.7 Å². The van der Waals surface area contributed by atoms with Gasteiger partial charge in [-0.15, -0.1) is 0 Å². The average Bonchev–Trinajstić information content (AvgIpc) is 2.00. The standard InChI is InChI=1S/C9H21NO2/c1-7(2)9(10)6-12-8(3)5-11-4/h7-9H,5-6,10H2,1-4H3. The summed E-state index contributed by atoms with van der Waals surface area (Å²) in [7, 11) is 1.67. The van der Waals surface area contributed by atoms with Crippen molar-refractivity contribution in [3.05, 3.63) is 0 Å². The van der Waals surface area contributed by atoms with Gasteiger partial charge in [0.1, 0.15) is 0 Å². The predicted octanol–water partition coefficient (Wildman–Crippen LogP) is 1.02. The fraction of sp³-hybridized carbons (Fsp3) is 1.00. The quantitative estimate of drug-likeness (QED) is 0.655. The Morgan fingerprint density at radius 1 is 1.17 bits per heavy atom. The lowest BCUT2D eigenvalue weighted by atomic mass is 10.1. The lowest BCUT2D eigenvalue weighted by Gasteiger charge is -2.18. The Morgan fingerprint density at radius 2 is 1.75 bits per heavy atom. The lowest BCUT2D eigenvalue weighted by molar-refractivity contribution is -0.000634. The highest BCUT2D eigenvalue weighted by atomic mass is 16.5. The van der Waals surface area contributed by atoms with E-state index in [9.17, 15) is 0 Å². The minimum atomic E-state index is 0.129. The van der Waals surface area contributed by atoms with Crippen LogP contribution in [0.4, 0.5) is 0 Å². The van der Waals surface area contributed by atoms with Gasteiger partial charge in [-0.25, -0.2) is 0 Å². The Labute approximate surface area is 75.2 Å². The van der Waals surface area contributed by atoms with E-state index in [4.69, 9.17) is 15.2 Å². The zero-order chi connectivity index (χ0) is 9.56. The molecule has 0 heterocycles. The first-order valence-corrected chi connectivity index (χ1v) is 4.44. The van der Waals surface area contributed by atoms with Gasteiger partial charge in [0.2, 0.25) is 0 Å². The number of rotatable bonds is 6. The molecule has 0 saturated heterocycles. The van der Waals surface area contributed by atoms with Crippen LogP contribution in [0.2, 0.25) is 0 Å². The Hall–Kier alpha value is -0.120. The maximum atomic E-state index is 5.80. The Kier molecular flexibility index (Phi) is 6.34. The van der Waals surface area contributed by atoms with Gasteiger partial charge >= 0.3 is 0 Å². The summed E-state index contributed by atoms with van der Waals surface area (Å²) in [6.45, 7) is 7.41. The molecule has 12 heavy (non-hydrogen) atoms. The molecule has 0 bridgehead atoms. The molecule has 0 fully saturated rings. The third kappa shape index (κ3) is 5.52. The molecule has 0 aromatic rings. The Balaban J connectivity index is 3.40. The second-order valence-corrected chi connectivity index (χ2v) is 3.51. The van der Waals surface area contributed by atoms with Crippen molar-refractivity contribution >= 4 is 0 Å². The largest absolute Gasteiger partial charge is 0.382 e. The van der Waals surface area contributed by atoms with Gasteiger partial charge in [-0.3, -0.25) is 0 Å². The van der Waals surface area contributed by atoms with E-state index in [1.165, 1.54) is 0 Å². The summed E-state index contributed by atoms with van der Waals surface area (Å²) in [5.41, 5.74) is 5.80. The SMILES string of the molecule is COCC(C)OCC(N)C(C)C. The van der Waals surface area contributed by atoms with Crippen molar-refractivity contribution in [1.29, 1.82) is 0 Å². The lowest BCUT2D eigenvalue weighted by Crippen LogP contribution is -2.33. The van der Waals surface area contributed by atoms with Crippen LogP contribution in [0.15, 0.2) is 0 Å². The molecule has 0 spiro atoms. The second-order valence-electron chi connectivity index (χ2n) is 3.51. The third-order valence-electron chi connectivity index (χ3n) is 1.83. The van der Waals surface area contributed by atoms with Crippen molar-refractivity contribution in [1.82, 2.24) is 0 Å². The number of hydrogen-bond donors (Lipinski definition) is 1. The van der Waals surface area contributed by atoms with E-state index >= 15 is 0 Å². The van der Waals surface area contributed by atoms with Crippen molar-refractivity contribution < 1.29 is 9.47 Å². The van der Waals surface area contributed by atoms with E-state index < -0.39 is 0 Å². The molecule has 0 aromatic carbocycles. The molecule has 0 aliphatic heterocycles. The third-order valence-corrected chi connectivity index (χ3v) is 1.83. The van der Waals surface area contributed by atoms with E-state index in [0.717, 1.165) is 0 Å². The molecule has 3 nitrogen and oxygen atoms in total. The van der Waals surface area contributed by atoms with Gasteiger partial charge in [-0.2, -0.15) is 0 Å². The molecule has 2 atom stereocenters. The van der Waals surface area contributed by atoms with Crippen LogP contribution < -0.4 is 5.73 Å². The Morgan fingerprint density at radius 3 is 2.17 bits per heavy atom. The van der Waals surface area contributed by atoms with E-state index in [-0.39, 0.29) is 12.1 Å². The number of methoxy groups -OCH3 is 1. The maximum Gasteiger partial charge on any atom is 0.0781 e. The van der Waals surface area contributed by atoms with Crippen LogP contribution in [0, 0.1) is 5.92 Å². The van der Waals surface area contributed by atoms with Gasteiger partial charge < -0.3 is 15.2 Å². The molecule has 0 aliphatic carbocycles. The van der Waals surface area contributed by atoms with Crippen LogP contribution in [0.5, 0.6) is 0 Å². The van der Waals surface area contributed by atoms with E-state index in [2.05, 4.69) is 13.8 Å². The van der Waals surface area contributed by atoms with Crippen molar-refractivity contribution in [2.75, 3.05) is 20.3 Å². The van der Waals surface area contributed by atoms with E-state index in [1.807, 2.05) is 6.92 Å². The normalized spacial score (nSPS) is 16.5. The zero-order valence-corrected chi connectivity index (χ0v) is 8.54. The smallest absolute Gasteiger partial charge is 0.0781 e. The zero-order valence-electron chi connectivity index (χ0n) is 8.54. The molecule has 0 saturated carbocycles. The number of hydrogen-bond acceptors (Lipinski definition) is 3. The Bertz CT molecular complexity index is 107. The fourth-order valence-corrected chi connectivity index (χ4v) is 0.751. The van der Waals surface area contributed by atoms with E-state index in [1.54, 1.807) is 7.11 Å². The van der Waals surface area contributed by atoms with Crippen molar-refractivity contribution in [3.8, 4) is 0 Å². The summed E-state index contributed by atoms with van der Waals surface area (Å²) in [6, 6.07) is 0.129. The van der Waals surface area contributed by atoms with Crippen LogP contribution >= 0.6 is 0 Å². The van der Waals surface area contributed by atoms with Crippen LogP contribution in [-0.2, 0) is 9.47 Å². The predicted molar refractivity (Wildman–Crippen MR) is 50.1 cm³/mol. The van der Waals surface area contributed by atoms with Crippen LogP contribution in [0.1, 0.15) is 20.8 Å². The summed E-state index contributed by atoms with van der Waals surface area (Å²) in [6.07, 6.45) is 0.139. The summed E-state index contributed by atoms with van der Waals surface area (Å²) >= 11 is 0. The van der Waals surface area contributed by atoms with Gasteiger partial charge in [0.15, 0.2) is 0 Å². The topological polar surface area (TPSA) is 44.5 Å². The van der Waals surface area contributed by atoms with Gasteiger partial charge in [-0.05, 0) is 12.8 Å². The van der Waals surface area contributed by atoms with Gasteiger partial charge in [-0.1, -0.05) is 13.8 Å². The molecular formula is C9H21NO2. The number of ether oxygens (including phenoxy) is 2. The molecule has 2 N–H and O–H groups in total. The minimum absolute atomic E-state index is 0.129. The molecule has 0 radical (unpaired) electrons.